The largest absolute Gasteiger partial charge is 0.461 e. The van der Waals surface area contributed by atoms with Crippen LogP contribution in [0.1, 0.15) is 81.8 Å². The molecule has 0 aromatic heterocycles. The zero-order chi connectivity index (χ0) is 26.5. The highest BCUT2D eigenvalue weighted by molar-refractivity contribution is 5.98. The van der Waals surface area contributed by atoms with Crippen molar-refractivity contribution in [3.05, 3.63) is 71.3 Å². The van der Waals surface area contributed by atoms with E-state index in [-0.39, 0.29) is 17.9 Å². The lowest BCUT2D eigenvalue weighted by atomic mass is 10.0. The molecule has 0 radical (unpaired) electrons. The fourth-order valence-electron chi connectivity index (χ4n) is 3.96. The van der Waals surface area contributed by atoms with Gasteiger partial charge in [0.15, 0.2) is 0 Å². The summed E-state index contributed by atoms with van der Waals surface area (Å²) in [6, 6.07) is 15.4. The van der Waals surface area contributed by atoms with Crippen LogP contribution in [0.3, 0.4) is 0 Å². The molecule has 0 heterocycles. The molecule has 0 aliphatic carbocycles. The Bertz CT molecular complexity index is 955. The van der Waals surface area contributed by atoms with Crippen molar-refractivity contribution in [1.29, 1.82) is 0 Å². The molecule has 196 valence electrons. The van der Waals surface area contributed by atoms with Crippen LogP contribution in [0.5, 0.6) is 0 Å². The summed E-state index contributed by atoms with van der Waals surface area (Å²) in [4.78, 5) is 38.9. The summed E-state index contributed by atoms with van der Waals surface area (Å²) in [7, 11) is 0. The van der Waals surface area contributed by atoms with Crippen LogP contribution >= 0.6 is 0 Å². The van der Waals surface area contributed by atoms with Crippen molar-refractivity contribution in [1.82, 2.24) is 10.6 Å². The first-order valence-electron chi connectivity index (χ1n) is 13.2. The lowest BCUT2D eigenvalue weighted by Gasteiger charge is -2.25. The molecule has 0 aliphatic rings. The highest BCUT2D eigenvalue weighted by Crippen LogP contribution is 2.12. The Labute approximate surface area is 216 Å². The van der Waals surface area contributed by atoms with E-state index in [0.29, 0.717) is 12.0 Å². The molecule has 2 aromatic carbocycles. The second-order valence-electron chi connectivity index (χ2n) is 9.94. The van der Waals surface area contributed by atoms with E-state index in [0.717, 1.165) is 18.4 Å². The highest BCUT2D eigenvalue weighted by Gasteiger charge is 2.30. The number of hydrogen-bond donors (Lipinski definition) is 2. The molecule has 6 nitrogen and oxygen atoms in total. The maximum absolute atomic E-state index is 13.2. The van der Waals surface area contributed by atoms with Gasteiger partial charge in [0, 0.05) is 12.0 Å². The number of ether oxygens (including phenoxy) is 1. The number of carbonyl (C=O) groups is 3. The van der Waals surface area contributed by atoms with E-state index in [1.165, 1.54) is 24.8 Å². The average molecular weight is 495 g/mol. The number of amides is 2. The van der Waals surface area contributed by atoms with Crippen molar-refractivity contribution >= 4 is 17.8 Å². The van der Waals surface area contributed by atoms with Gasteiger partial charge in [0.25, 0.3) is 5.91 Å². The zero-order valence-corrected chi connectivity index (χ0v) is 22.4. The van der Waals surface area contributed by atoms with Gasteiger partial charge in [-0.15, -0.1) is 0 Å². The Hall–Kier alpha value is -3.15. The average Bonchev–Trinajstić information content (AvgIpc) is 2.85. The molecule has 0 bridgehead atoms. The molecular formula is C30H42N2O4. The molecule has 2 aromatic rings. The van der Waals surface area contributed by atoms with Crippen LogP contribution in [-0.2, 0) is 27.2 Å². The minimum absolute atomic E-state index is 0.176. The zero-order valence-electron chi connectivity index (χ0n) is 22.4. The second kappa shape index (κ2) is 15.1. The molecule has 2 unspecified atom stereocenters. The summed E-state index contributed by atoms with van der Waals surface area (Å²) in [6.45, 7) is 9.46. The van der Waals surface area contributed by atoms with Crippen molar-refractivity contribution in [2.75, 3.05) is 0 Å². The van der Waals surface area contributed by atoms with Gasteiger partial charge in [0.2, 0.25) is 5.91 Å². The Morgan fingerprint density at radius 2 is 1.47 bits per heavy atom. The number of rotatable bonds is 14. The summed E-state index contributed by atoms with van der Waals surface area (Å²) in [5.74, 6) is -1.39. The van der Waals surface area contributed by atoms with Gasteiger partial charge in [-0.1, -0.05) is 82.5 Å². The van der Waals surface area contributed by atoms with E-state index in [9.17, 15) is 14.4 Å². The van der Waals surface area contributed by atoms with Crippen molar-refractivity contribution in [3.8, 4) is 0 Å². The molecule has 0 fully saturated rings. The highest BCUT2D eigenvalue weighted by atomic mass is 16.5. The van der Waals surface area contributed by atoms with Crippen LogP contribution in [0, 0.1) is 5.92 Å². The van der Waals surface area contributed by atoms with Gasteiger partial charge in [-0.3, -0.25) is 9.59 Å². The van der Waals surface area contributed by atoms with E-state index in [4.69, 9.17) is 4.74 Å². The molecular weight excluding hydrogens is 452 g/mol. The van der Waals surface area contributed by atoms with Crippen LogP contribution in [0.15, 0.2) is 54.6 Å². The number of carbonyl (C=O) groups excluding carboxylic acids is 3. The van der Waals surface area contributed by atoms with Crippen LogP contribution in [-0.4, -0.2) is 36.0 Å². The Morgan fingerprint density at radius 3 is 2.06 bits per heavy atom. The first-order valence-corrected chi connectivity index (χ1v) is 13.2. The third-order valence-corrected chi connectivity index (χ3v) is 6.01. The fraction of sp³-hybridized carbons (Fsp3) is 0.500. The van der Waals surface area contributed by atoms with Gasteiger partial charge in [0.1, 0.15) is 12.1 Å². The minimum atomic E-state index is -0.854. The van der Waals surface area contributed by atoms with E-state index in [1.54, 1.807) is 26.0 Å². The third kappa shape index (κ3) is 9.84. The molecule has 6 heteroatoms. The molecule has 2 N–H and O–H groups in total. The van der Waals surface area contributed by atoms with Crippen molar-refractivity contribution < 1.29 is 19.1 Å². The first kappa shape index (κ1) is 29.1. The predicted octanol–water partition coefficient (Wildman–Crippen LogP) is 5.24. The molecule has 0 aliphatic heterocycles. The lowest BCUT2D eigenvalue weighted by molar-refractivity contribution is -0.151. The number of aryl methyl sites for hydroxylation is 1. The number of hydrogen-bond acceptors (Lipinski definition) is 4. The van der Waals surface area contributed by atoms with Crippen LogP contribution in [0.2, 0.25) is 0 Å². The van der Waals surface area contributed by atoms with Crippen molar-refractivity contribution in [2.24, 2.45) is 5.92 Å². The van der Waals surface area contributed by atoms with E-state index in [1.807, 2.05) is 56.3 Å². The van der Waals surface area contributed by atoms with Gasteiger partial charge < -0.3 is 15.4 Å². The number of esters is 1. The van der Waals surface area contributed by atoms with E-state index >= 15 is 0 Å². The smallest absolute Gasteiger partial charge is 0.329 e. The van der Waals surface area contributed by atoms with Gasteiger partial charge in [-0.25, -0.2) is 4.79 Å². The first-order chi connectivity index (χ1) is 17.2. The molecule has 2 atom stereocenters. The Kier molecular flexibility index (Phi) is 12.2. The minimum Gasteiger partial charge on any atom is -0.461 e. The van der Waals surface area contributed by atoms with E-state index < -0.39 is 24.0 Å². The molecule has 2 amide bonds. The topological polar surface area (TPSA) is 84.5 Å². The molecule has 2 rings (SSSR count). The summed E-state index contributed by atoms with van der Waals surface area (Å²) in [5, 5.41) is 5.68. The number of unbranched alkanes of at least 4 members (excludes halogenated alkanes) is 3. The second-order valence-corrected chi connectivity index (χ2v) is 9.94. The quantitative estimate of drug-likeness (QED) is 0.278. The van der Waals surface area contributed by atoms with Gasteiger partial charge in [0.05, 0.1) is 6.10 Å². The van der Waals surface area contributed by atoms with Crippen LogP contribution in [0.25, 0.3) is 0 Å². The van der Waals surface area contributed by atoms with Crippen LogP contribution in [0.4, 0.5) is 0 Å². The summed E-state index contributed by atoms with van der Waals surface area (Å²) in [6.07, 6.45) is 5.78. The van der Waals surface area contributed by atoms with E-state index in [2.05, 4.69) is 17.6 Å². The standard InChI is InChI=1S/C30H42N2O4/c1-6-7-8-10-13-23-16-18-25(19-17-23)28(33)32-27(21(2)3)29(34)31-26(30(35)36-22(4)5)20-24-14-11-9-12-15-24/h9,11-12,14-19,21-22,26-27H,6-8,10,13,20H2,1-5H3,(H,31,34)(H,32,33). The van der Waals surface area contributed by atoms with Crippen LogP contribution < -0.4 is 10.6 Å². The molecule has 36 heavy (non-hydrogen) atoms. The maximum atomic E-state index is 13.2. The third-order valence-electron chi connectivity index (χ3n) is 6.01. The summed E-state index contributed by atoms with van der Waals surface area (Å²) < 4.78 is 5.39. The number of benzene rings is 2. The Morgan fingerprint density at radius 1 is 0.806 bits per heavy atom. The van der Waals surface area contributed by atoms with Crippen molar-refractivity contribution in [3.63, 3.8) is 0 Å². The van der Waals surface area contributed by atoms with Gasteiger partial charge >= 0.3 is 5.97 Å². The molecule has 0 spiro atoms. The van der Waals surface area contributed by atoms with Gasteiger partial charge in [-0.05, 0) is 55.9 Å². The predicted molar refractivity (Wildman–Crippen MR) is 144 cm³/mol. The SMILES string of the molecule is CCCCCCc1ccc(C(=O)NC(C(=O)NC(Cc2ccccc2)C(=O)OC(C)C)C(C)C)cc1. The summed E-state index contributed by atoms with van der Waals surface area (Å²) in [5.41, 5.74) is 2.61. The normalized spacial score (nSPS) is 12.8. The Balaban J connectivity index is 2.06. The maximum Gasteiger partial charge on any atom is 0.329 e. The summed E-state index contributed by atoms with van der Waals surface area (Å²) >= 11 is 0. The van der Waals surface area contributed by atoms with Crippen molar-refractivity contribution in [2.45, 2.75) is 91.3 Å². The molecule has 0 saturated heterocycles. The lowest BCUT2D eigenvalue weighted by Crippen LogP contribution is -2.54. The monoisotopic (exact) mass is 494 g/mol. The molecule has 0 saturated carbocycles. The fourth-order valence-corrected chi connectivity index (χ4v) is 3.96. The van der Waals surface area contributed by atoms with Gasteiger partial charge in [-0.2, -0.15) is 0 Å². The number of nitrogens with one attached hydrogen (secondary N) is 2.